The van der Waals surface area contributed by atoms with Crippen LogP contribution in [0.2, 0.25) is 0 Å². The number of para-hydroxylation sites is 2. The Morgan fingerprint density at radius 3 is 2.52 bits per heavy atom. The molecule has 6 heteroatoms. The Kier molecular flexibility index (Phi) is 4.78. The molecule has 2 aromatic carbocycles. The Hall–Kier alpha value is -3.67. The normalized spacial score (nSPS) is 13.7. The molecule has 1 aliphatic heterocycles. The van der Waals surface area contributed by atoms with Crippen molar-refractivity contribution in [2.45, 2.75) is 6.61 Å². The van der Waals surface area contributed by atoms with E-state index < -0.39 is 0 Å². The van der Waals surface area contributed by atoms with Crippen molar-refractivity contribution in [1.82, 2.24) is 4.98 Å². The highest BCUT2D eigenvalue weighted by Crippen LogP contribution is 2.24. The highest BCUT2D eigenvalue weighted by Gasteiger charge is 2.25. The van der Waals surface area contributed by atoms with Gasteiger partial charge in [-0.05, 0) is 42.0 Å². The summed E-state index contributed by atoms with van der Waals surface area (Å²) in [6, 6.07) is 20.5. The highest BCUT2D eigenvalue weighted by molar-refractivity contribution is 6.05. The van der Waals surface area contributed by atoms with Crippen LogP contribution in [0.15, 0.2) is 84.2 Å². The van der Waals surface area contributed by atoms with E-state index in [0.29, 0.717) is 29.5 Å². The first-order chi connectivity index (χ1) is 13.3. The van der Waals surface area contributed by atoms with Crippen LogP contribution in [0, 0.1) is 0 Å². The van der Waals surface area contributed by atoms with E-state index in [9.17, 15) is 4.79 Å². The van der Waals surface area contributed by atoms with Crippen LogP contribution in [0.5, 0.6) is 5.75 Å². The van der Waals surface area contributed by atoms with Crippen LogP contribution in [-0.4, -0.2) is 23.4 Å². The molecule has 0 atom stereocenters. The molecule has 27 heavy (non-hydrogen) atoms. The third kappa shape index (κ3) is 3.79. The molecule has 1 amide bonds. The molecule has 0 bridgehead atoms. The predicted molar refractivity (Wildman–Crippen MR) is 101 cm³/mol. The smallest absolute Gasteiger partial charge is 0.285 e. The van der Waals surface area contributed by atoms with Gasteiger partial charge in [0.25, 0.3) is 5.91 Å². The van der Waals surface area contributed by atoms with E-state index in [4.69, 9.17) is 9.47 Å². The lowest BCUT2D eigenvalue weighted by Crippen LogP contribution is -2.36. The molecule has 6 nitrogen and oxygen atoms in total. The van der Waals surface area contributed by atoms with E-state index in [1.807, 2.05) is 66.7 Å². The molecule has 3 aromatic rings. The van der Waals surface area contributed by atoms with Gasteiger partial charge in [-0.15, -0.1) is 5.10 Å². The van der Waals surface area contributed by atoms with E-state index in [2.05, 4.69) is 10.1 Å². The summed E-state index contributed by atoms with van der Waals surface area (Å²) in [4.78, 5) is 16.2. The maximum Gasteiger partial charge on any atom is 0.285 e. The van der Waals surface area contributed by atoms with Gasteiger partial charge >= 0.3 is 0 Å². The summed E-state index contributed by atoms with van der Waals surface area (Å²) in [5.74, 6) is 0.763. The van der Waals surface area contributed by atoms with Gasteiger partial charge in [0.05, 0.1) is 11.3 Å². The van der Waals surface area contributed by atoms with E-state index >= 15 is 0 Å². The van der Waals surface area contributed by atoms with Crippen molar-refractivity contribution in [1.29, 1.82) is 0 Å². The summed E-state index contributed by atoms with van der Waals surface area (Å²) in [5, 5.41) is 5.77. The van der Waals surface area contributed by atoms with Crippen molar-refractivity contribution in [3.05, 3.63) is 90.3 Å². The third-order valence-electron chi connectivity index (χ3n) is 4.02. The summed E-state index contributed by atoms with van der Waals surface area (Å²) in [5.41, 5.74) is 2.39. The molecule has 0 fully saturated rings. The van der Waals surface area contributed by atoms with Crippen molar-refractivity contribution in [2.24, 2.45) is 5.10 Å². The van der Waals surface area contributed by atoms with Crippen LogP contribution in [0.1, 0.15) is 11.1 Å². The Labute approximate surface area is 156 Å². The second kappa shape index (κ2) is 7.70. The SMILES string of the molecule is O=C1COC(c2ccccc2OCc2ccncc2)=NN1c1ccccc1. The van der Waals surface area contributed by atoms with Gasteiger partial charge in [0, 0.05) is 12.4 Å². The number of hydrazone groups is 1. The number of carbonyl (C=O) groups excluding carboxylic acids is 1. The number of pyridine rings is 1. The topological polar surface area (TPSA) is 64.0 Å². The number of ether oxygens (including phenoxy) is 2. The number of amides is 1. The summed E-state index contributed by atoms with van der Waals surface area (Å²) in [7, 11) is 0. The van der Waals surface area contributed by atoms with Crippen LogP contribution in [0.3, 0.4) is 0 Å². The number of hydrogen-bond donors (Lipinski definition) is 0. The van der Waals surface area contributed by atoms with Crippen LogP contribution in [0.25, 0.3) is 0 Å². The fraction of sp³-hybridized carbons (Fsp3) is 0.0952. The van der Waals surface area contributed by atoms with Gasteiger partial charge in [0.2, 0.25) is 5.90 Å². The van der Waals surface area contributed by atoms with E-state index in [-0.39, 0.29) is 12.5 Å². The molecule has 1 aliphatic rings. The Morgan fingerprint density at radius 2 is 1.70 bits per heavy atom. The predicted octanol–water partition coefficient (Wildman–Crippen LogP) is 3.39. The largest absolute Gasteiger partial charge is 0.488 e. The van der Waals surface area contributed by atoms with Gasteiger partial charge in [0.15, 0.2) is 6.61 Å². The van der Waals surface area contributed by atoms with Crippen LogP contribution >= 0.6 is 0 Å². The highest BCUT2D eigenvalue weighted by atomic mass is 16.5. The standard InChI is InChI=1S/C21H17N3O3/c25-20-15-27-21(23-24(20)17-6-2-1-3-7-17)18-8-4-5-9-19(18)26-14-16-10-12-22-13-11-16/h1-13H,14-15H2. The lowest BCUT2D eigenvalue weighted by Gasteiger charge is -2.24. The average molecular weight is 359 g/mol. The second-order valence-electron chi connectivity index (χ2n) is 5.88. The van der Waals surface area contributed by atoms with Gasteiger partial charge in [0.1, 0.15) is 12.4 Å². The maximum atomic E-state index is 12.2. The first-order valence-electron chi connectivity index (χ1n) is 8.52. The second-order valence-corrected chi connectivity index (χ2v) is 5.88. The zero-order valence-corrected chi connectivity index (χ0v) is 14.5. The summed E-state index contributed by atoms with van der Waals surface area (Å²) < 4.78 is 11.5. The van der Waals surface area contributed by atoms with Gasteiger partial charge in [-0.25, -0.2) is 0 Å². The molecular weight excluding hydrogens is 342 g/mol. The number of anilines is 1. The lowest BCUT2D eigenvalue weighted by molar-refractivity contribution is -0.121. The Balaban J connectivity index is 1.62. The Morgan fingerprint density at radius 1 is 0.963 bits per heavy atom. The Bertz CT molecular complexity index is 959. The van der Waals surface area contributed by atoms with E-state index in [1.165, 1.54) is 5.01 Å². The lowest BCUT2D eigenvalue weighted by atomic mass is 10.2. The van der Waals surface area contributed by atoms with Crippen molar-refractivity contribution in [2.75, 3.05) is 11.6 Å². The number of aromatic nitrogens is 1. The molecule has 0 aliphatic carbocycles. The first-order valence-corrected chi connectivity index (χ1v) is 8.52. The van der Waals surface area contributed by atoms with Gasteiger partial charge in [-0.2, -0.15) is 5.01 Å². The van der Waals surface area contributed by atoms with Crippen LogP contribution in [0.4, 0.5) is 5.69 Å². The number of benzene rings is 2. The molecular formula is C21H17N3O3. The molecule has 0 N–H and O–H groups in total. The molecule has 4 rings (SSSR count). The first kappa shape index (κ1) is 16.8. The average Bonchev–Trinajstić information content (AvgIpc) is 2.74. The number of carbonyl (C=O) groups is 1. The zero-order chi connectivity index (χ0) is 18.5. The number of rotatable bonds is 5. The monoisotopic (exact) mass is 359 g/mol. The summed E-state index contributed by atoms with van der Waals surface area (Å²) in [6.07, 6.45) is 3.45. The van der Waals surface area contributed by atoms with Gasteiger partial charge < -0.3 is 9.47 Å². The quantitative estimate of drug-likeness (QED) is 0.700. The van der Waals surface area contributed by atoms with Crippen molar-refractivity contribution in [3.63, 3.8) is 0 Å². The van der Waals surface area contributed by atoms with Crippen LogP contribution < -0.4 is 9.75 Å². The maximum absolute atomic E-state index is 12.2. The molecule has 0 spiro atoms. The minimum absolute atomic E-state index is 0.0770. The summed E-state index contributed by atoms with van der Waals surface area (Å²) in [6.45, 7) is 0.320. The van der Waals surface area contributed by atoms with Gasteiger partial charge in [-0.3, -0.25) is 9.78 Å². The fourth-order valence-electron chi connectivity index (χ4n) is 2.68. The van der Waals surface area contributed by atoms with E-state index in [1.54, 1.807) is 12.4 Å². The summed E-state index contributed by atoms with van der Waals surface area (Å²) >= 11 is 0. The van der Waals surface area contributed by atoms with Gasteiger partial charge in [-0.1, -0.05) is 30.3 Å². The zero-order valence-electron chi connectivity index (χ0n) is 14.5. The van der Waals surface area contributed by atoms with Crippen LogP contribution in [-0.2, 0) is 16.1 Å². The van der Waals surface area contributed by atoms with E-state index in [0.717, 1.165) is 5.56 Å². The number of nitrogens with zero attached hydrogens (tertiary/aromatic N) is 3. The minimum Gasteiger partial charge on any atom is -0.488 e. The fourth-order valence-corrected chi connectivity index (χ4v) is 2.68. The number of hydrogen-bond acceptors (Lipinski definition) is 5. The molecule has 0 saturated carbocycles. The van der Waals surface area contributed by atoms with Crippen molar-refractivity contribution >= 4 is 17.5 Å². The minimum atomic E-state index is -0.222. The molecule has 1 aromatic heterocycles. The third-order valence-corrected chi connectivity index (χ3v) is 4.02. The molecule has 134 valence electrons. The molecule has 2 heterocycles. The molecule has 0 unspecified atom stereocenters. The molecule has 0 saturated heterocycles. The van der Waals surface area contributed by atoms with Crippen molar-refractivity contribution < 1.29 is 14.3 Å². The van der Waals surface area contributed by atoms with Crippen molar-refractivity contribution in [3.8, 4) is 5.75 Å². The molecule has 0 radical (unpaired) electrons.